The zero-order valence-electron chi connectivity index (χ0n) is 15.7. The Balaban J connectivity index is 1.71. The molecule has 1 unspecified atom stereocenters. The van der Waals surface area contributed by atoms with Crippen LogP contribution in [0.25, 0.3) is 0 Å². The molecule has 5 heteroatoms. The molecule has 1 N–H and O–H groups in total. The molecule has 138 valence electrons. The monoisotopic (exact) mass is 352 g/mol. The third-order valence-corrected chi connectivity index (χ3v) is 4.93. The van der Waals surface area contributed by atoms with Crippen LogP contribution in [0.15, 0.2) is 48.8 Å². The molecule has 1 fully saturated rings. The minimum atomic E-state index is -0.152. The van der Waals surface area contributed by atoms with Crippen LogP contribution >= 0.6 is 0 Å². The molecule has 1 atom stereocenters. The summed E-state index contributed by atoms with van der Waals surface area (Å²) in [6.45, 7) is 6.54. The minimum absolute atomic E-state index is 0.0666. The average molecular weight is 352 g/mol. The lowest BCUT2D eigenvalue weighted by Gasteiger charge is -2.23. The van der Waals surface area contributed by atoms with Crippen molar-refractivity contribution in [1.29, 1.82) is 0 Å². The average Bonchev–Trinajstić information content (AvgIpc) is 2.85. The molecule has 0 aliphatic carbocycles. The third kappa shape index (κ3) is 5.13. The molecule has 0 spiro atoms. The van der Waals surface area contributed by atoms with Gasteiger partial charge < -0.3 is 10.2 Å². The molecule has 1 aliphatic rings. The Morgan fingerprint density at radius 2 is 1.73 bits per heavy atom. The summed E-state index contributed by atoms with van der Waals surface area (Å²) in [7, 11) is 2.14. The van der Waals surface area contributed by atoms with Crippen LogP contribution in [0.1, 0.15) is 29.2 Å². The van der Waals surface area contributed by atoms with Gasteiger partial charge in [0, 0.05) is 25.5 Å². The van der Waals surface area contributed by atoms with Crippen molar-refractivity contribution in [3.8, 4) is 0 Å². The molecule has 26 heavy (non-hydrogen) atoms. The Kier molecular flexibility index (Phi) is 6.36. The number of likely N-dealkylation sites (N-methyl/N-ethyl adjacent to an activating group) is 1. The number of amides is 1. The molecule has 1 amide bonds. The van der Waals surface area contributed by atoms with Crippen LogP contribution < -0.4 is 5.32 Å². The van der Waals surface area contributed by atoms with Gasteiger partial charge in [-0.2, -0.15) is 0 Å². The maximum atomic E-state index is 12.7. The van der Waals surface area contributed by atoms with Gasteiger partial charge >= 0.3 is 0 Å². The van der Waals surface area contributed by atoms with Gasteiger partial charge in [0.2, 0.25) is 5.91 Å². The topological polar surface area (TPSA) is 48.5 Å². The summed E-state index contributed by atoms with van der Waals surface area (Å²) >= 11 is 0. The van der Waals surface area contributed by atoms with E-state index in [4.69, 9.17) is 0 Å². The first-order valence-corrected chi connectivity index (χ1v) is 9.28. The lowest BCUT2D eigenvalue weighted by molar-refractivity contribution is -0.122. The molecule has 0 bridgehead atoms. The first-order chi connectivity index (χ1) is 12.6. The molecule has 3 rings (SSSR count). The number of pyridine rings is 1. The zero-order chi connectivity index (χ0) is 18.4. The molecule has 5 nitrogen and oxygen atoms in total. The van der Waals surface area contributed by atoms with Crippen molar-refractivity contribution in [2.24, 2.45) is 0 Å². The van der Waals surface area contributed by atoms with Crippen molar-refractivity contribution >= 4 is 5.91 Å². The number of carbonyl (C=O) groups is 1. The Morgan fingerprint density at radius 1 is 1.04 bits per heavy atom. The van der Waals surface area contributed by atoms with Crippen LogP contribution in [-0.2, 0) is 4.79 Å². The predicted molar refractivity (Wildman–Crippen MR) is 104 cm³/mol. The highest BCUT2D eigenvalue weighted by Crippen LogP contribution is 2.22. The molecule has 2 heterocycles. The minimum Gasteiger partial charge on any atom is -0.344 e. The predicted octanol–water partition coefficient (Wildman–Crippen LogP) is 2.23. The van der Waals surface area contributed by atoms with Crippen LogP contribution in [0.4, 0.5) is 0 Å². The van der Waals surface area contributed by atoms with Gasteiger partial charge in [0.15, 0.2) is 0 Å². The van der Waals surface area contributed by atoms with Crippen molar-refractivity contribution in [3.05, 3.63) is 65.5 Å². The number of nitrogens with zero attached hydrogens (tertiary/aromatic N) is 3. The van der Waals surface area contributed by atoms with Crippen molar-refractivity contribution < 1.29 is 4.79 Å². The molecular weight excluding hydrogens is 324 g/mol. The van der Waals surface area contributed by atoms with E-state index in [0.29, 0.717) is 6.54 Å². The van der Waals surface area contributed by atoms with Gasteiger partial charge in [0.05, 0.1) is 12.6 Å². The zero-order valence-corrected chi connectivity index (χ0v) is 15.7. The summed E-state index contributed by atoms with van der Waals surface area (Å²) in [5, 5.41) is 3.23. The first-order valence-electron chi connectivity index (χ1n) is 9.28. The van der Waals surface area contributed by atoms with E-state index >= 15 is 0 Å². The first kappa shape index (κ1) is 18.5. The Hall–Kier alpha value is -2.24. The van der Waals surface area contributed by atoms with Crippen LogP contribution in [0.3, 0.4) is 0 Å². The van der Waals surface area contributed by atoms with Gasteiger partial charge in [-0.3, -0.25) is 14.7 Å². The van der Waals surface area contributed by atoms with E-state index < -0.39 is 0 Å². The summed E-state index contributed by atoms with van der Waals surface area (Å²) in [5.41, 5.74) is 3.35. The molecule has 1 aromatic carbocycles. The molecule has 1 aromatic heterocycles. The van der Waals surface area contributed by atoms with Crippen molar-refractivity contribution in [2.75, 3.05) is 39.8 Å². The fourth-order valence-corrected chi connectivity index (χ4v) is 3.34. The Labute approximate surface area is 156 Å². The second-order valence-corrected chi connectivity index (χ2v) is 7.12. The standard InChI is InChI=1S/C21H28N4O/c1-17-4-6-18(7-5-17)21(19-8-10-22-11-9-19)23-20(26)16-25-13-3-12-24(2)14-15-25/h4-11,21H,3,12-16H2,1-2H3,(H,23,26). The molecule has 0 saturated carbocycles. The normalized spacial score (nSPS) is 17.5. The fraction of sp³-hybridized carbons (Fsp3) is 0.429. The van der Waals surface area contributed by atoms with Crippen molar-refractivity contribution in [1.82, 2.24) is 20.1 Å². The van der Waals surface area contributed by atoms with E-state index in [2.05, 4.69) is 58.3 Å². The fourth-order valence-electron chi connectivity index (χ4n) is 3.34. The van der Waals surface area contributed by atoms with Gasteiger partial charge in [-0.05, 0) is 56.7 Å². The van der Waals surface area contributed by atoms with E-state index in [1.807, 2.05) is 12.1 Å². The Morgan fingerprint density at radius 3 is 2.46 bits per heavy atom. The van der Waals surface area contributed by atoms with E-state index in [1.165, 1.54) is 5.56 Å². The van der Waals surface area contributed by atoms with Gasteiger partial charge in [-0.15, -0.1) is 0 Å². The van der Waals surface area contributed by atoms with Crippen LogP contribution in [0.2, 0.25) is 0 Å². The van der Waals surface area contributed by atoms with Crippen LogP contribution in [0.5, 0.6) is 0 Å². The molecule has 0 radical (unpaired) electrons. The van der Waals surface area contributed by atoms with Crippen LogP contribution in [-0.4, -0.2) is 60.5 Å². The molecule has 2 aromatic rings. The van der Waals surface area contributed by atoms with Crippen molar-refractivity contribution in [2.45, 2.75) is 19.4 Å². The summed E-state index contributed by atoms with van der Waals surface area (Å²) < 4.78 is 0. The maximum absolute atomic E-state index is 12.7. The number of carbonyl (C=O) groups excluding carboxylic acids is 1. The van der Waals surface area contributed by atoms with E-state index in [0.717, 1.165) is 43.7 Å². The third-order valence-electron chi connectivity index (χ3n) is 4.93. The van der Waals surface area contributed by atoms with E-state index in [9.17, 15) is 4.79 Å². The lowest BCUT2D eigenvalue weighted by atomic mass is 9.98. The second-order valence-electron chi connectivity index (χ2n) is 7.12. The lowest BCUT2D eigenvalue weighted by Crippen LogP contribution is -2.40. The highest BCUT2D eigenvalue weighted by molar-refractivity contribution is 5.79. The van der Waals surface area contributed by atoms with Gasteiger partial charge in [-0.1, -0.05) is 29.8 Å². The van der Waals surface area contributed by atoms with Gasteiger partial charge in [-0.25, -0.2) is 0 Å². The highest BCUT2D eigenvalue weighted by atomic mass is 16.2. The van der Waals surface area contributed by atoms with Crippen molar-refractivity contribution in [3.63, 3.8) is 0 Å². The molecule has 1 aliphatic heterocycles. The van der Waals surface area contributed by atoms with E-state index in [-0.39, 0.29) is 11.9 Å². The summed E-state index contributed by atoms with van der Waals surface area (Å²) in [5.74, 6) is 0.0666. The SMILES string of the molecule is Cc1ccc(C(NC(=O)CN2CCCN(C)CC2)c2ccncc2)cc1. The maximum Gasteiger partial charge on any atom is 0.234 e. The summed E-state index contributed by atoms with van der Waals surface area (Å²) in [6.07, 6.45) is 4.65. The number of benzene rings is 1. The van der Waals surface area contributed by atoms with Gasteiger partial charge in [0.1, 0.15) is 0 Å². The number of nitrogens with one attached hydrogen (secondary N) is 1. The number of rotatable bonds is 5. The molecule has 1 saturated heterocycles. The highest BCUT2D eigenvalue weighted by Gasteiger charge is 2.20. The van der Waals surface area contributed by atoms with Gasteiger partial charge in [0.25, 0.3) is 0 Å². The smallest absolute Gasteiger partial charge is 0.234 e. The number of aromatic nitrogens is 1. The van der Waals surface area contributed by atoms with Crippen LogP contribution in [0, 0.1) is 6.92 Å². The number of hydrogen-bond donors (Lipinski definition) is 1. The number of aryl methyl sites for hydroxylation is 1. The quantitative estimate of drug-likeness (QED) is 0.897. The Bertz CT molecular complexity index is 702. The summed E-state index contributed by atoms with van der Waals surface area (Å²) in [6, 6.07) is 12.1. The number of hydrogen-bond acceptors (Lipinski definition) is 4. The summed E-state index contributed by atoms with van der Waals surface area (Å²) in [4.78, 5) is 21.4. The molecular formula is C21H28N4O. The van der Waals surface area contributed by atoms with E-state index in [1.54, 1.807) is 12.4 Å². The second kappa shape index (κ2) is 8.92. The largest absolute Gasteiger partial charge is 0.344 e.